The molecule has 0 bridgehead atoms. The molecular formula is C16H29ClOSi. The Balaban J connectivity index is 2.18. The van der Waals surface area contributed by atoms with Crippen molar-refractivity contribution in [2.24, 2.45) is 11.3 Å². The van der Waals surface area contributed by atoms with Crippen LogP contribution in [-0.2, 0) is 4.43 Å². The number of halogens is 1. The molecule has 1 nitrogen and oxygen atoms in total. The van der Waals surface area contributed by atoms with Crippen LogP contribution in [0.15, 0.2) is 11.6 Å². The number of hydrogen-bond donors (Lipinski definition) is 0. The second-order valence-corrected chi connectivity index (χ2v) is 12.8. The van der Waals surface area contributed by atoms with Crippen molar-refractivity contribution in [2.45, 2.75) is 77.1 Å². The largest absolute Gasteiger partial charge is 0.414 e. The Bertz CT molecular complexity index is 358. The highest BCUT2D eigenvalue weighted by molar-refractivity contribution is 6.69. The number of alkyl halides is 1. The van der Waals surface area contributed by atoms with E-state index in [1.807, 2.05) is 0 Å². The molecule has 2 aliphatic carbocycles. The lowest BCUT2D eigenvalue weighted by Crippen LogP contribution is -2.47. The molecule has 110 valence electrons. The number of allylic oxidation sites excluding steroid dienone is 2. The number of fused-ring (bicyclic) bond motifs is 1. The maximum absolute atomic E-state index is 6.51. The first-order chi connectivity index (χ1) is 8.71. The van der Waals surface area contributed by atoms with E-state index in [-0.39, 0.29) is 5.38 Å². The van der Waals surface area contributed by atoms with Crippen LogP contribution in [0.3, 0.4) is 0 Å². The average molecular weight is 301 g/mol. The molecule has 19 heavy (non-hydrogen) atoms. The molecule has 0 aromatic rings. The van der Waals surface area contributed by atoms with Gasteiger partial charge in [0.1, 0.15) is 0 Å². The Morgan fingerprint density at radius 2 is 2.11 bits per heavy atom. The summed E-state index contributed by atoms with van der Waals surface area (Å²) in [4.78, 5) is 0. The molecule has 3 heteroatoms. The highest BCUT2D eigenvalue weighted by atomic mass is 35.5. The minimum Gasteiger partial charge on any atom is -0.414 e. The van der Waals surface area contributed by atoms with Gasteiger partial charge in [-0.3, -0.25) is 0 Å². The van der Waals surface area contributed by atoms with Gasteiger partial charge >= 0.3 is 0 Å². The van der Waals surface area contributed by atoms with E-state index >= 15 is 0 Å². The van der Waals surface area contributed by atoms with Crippen LogP contribution in [-0.4, -0.2) is 19.8 Å². The van der Waals surface area contributed by atoms with Crippen LogP contribution in [0, 0.1) is 11.3 Å². The van der Waals surface area contributed by atoms with E-state index in [9.17, 15) is 0 Å². The fourth-order valence-electron chi connectivity index (χ4n) is 3.80. The van der Waals surface area contributed by atoms with E-state index in [1.54, 1.807) is 0 Å². The summed E-state index contributed by atoms with van der Waals surface area (Å²) < 4.78 is 6.51. The second-order valence-electron chi connectivity index (χ2n) is 7.72. The predicted octanol–water partition coefficient (Wildman–Crippen LogP) is 5.36. The minimum absolute atomic E-state index is 0.180. The van der Waals surface area contributed by atoms with Crippen LogP contribution < -0.4 is 0 Å². The summed E-state index contributed by atoms with van der Waals surface area (Å²) in [7, 11) is -1.46. The van der Waals surface area contributed by atoms with Crippen molar-refractivity contribution in [3.05, 3.63) is 11.6 Å². The lowest BCUT2D eigenvalue weighted by molar-refractivity contribution is -0.0109. The molecule has 0 amide bonds. The van der Waals surface area contributed by atoms with Crippen LogP contribution in [0.1, 0.15) is 46.0 Å². The van der Waals surface area contributed by atoms with Gasteiger partial charge in [0.2, 0.25) is 0 Å². The van der Waals surface area contributed by atoms with E-state index in [1.165, 1.54) is 31.3 Å². The van der Waals surface area contributed by atoms with Crippen molar-refractivity contribution < 1.29 is 4.43 Å². The van der Waals surface area contributed by atoms with Gasteiger partial charge in [0.15, 0.2) is 8.32 Å². The zero-order valence-corrected chi connectivity index (χ0v) is 14.9. The monoisotopic (exact) mass is 300 g/mol. The summed E-state index contributed by atoms with van der Waals surface area (Å²) in [5.41, 5.74) is 1.88. The quantitative estimate of drug-likeness (QED) is 0.387. The normalized spacial score (nSPS) is 37.5. The van der Waals surface area contributed by atoms with E-state index in [2.05, 4.69) is 39.6 Å². The molecule has 2 rings (SSSR count). The zero-order valence-electron chi connectivity index (χ0n) is 13.1. The third-order valence-electron chi connectivity index (χ3n) is 4.88. The molecule has 0 saturated heterocycles. The van der Waals surface area contributed by atoms with E-state index in [0.29, 0.717) is 17.4 Å². The van der Waals surface area contributed by atoms with Crippen molar-refractivity contribution >= 4 is 19.9 Å². The van der Waals surface area contributed by atoms with Crippen LogP contribution in [0.25, 0.3) is 0 Å². The summed E-state index contributed by atoms with van der Waals surface area (Å²) >= 11 is 6.31. The molecule has 0 radical (unpaired) electrons. The van der Waals surface area contributed by atoms with Gasteiger partial charge in [-0.2, -0.15) is 0 Å². The van der Waals surface area contributed by atoms with Crippen molar-refractivity contribution in [1.82, 2.24) is 0 Å². The highest BCUT2D eigenvalue weighted by Crippen LogP contribution is 2.51. The Hall–Kier alpha value is 0.207. The Labute approximate surface area is 124 Å². The summed E-state index contributed by atoms with van der Waals surface area (Å²) in [5, 5.41) is 0.180. The van der Waals surface area contributed by atoms with Crippen molar-refractivity contribution in [3.8, 4) is 0 Å². The summed E-state index contributed by atoms with van der Waals surface area (Å²) in [6, 6.07) is 0. The van der Waals surface area contributed by atoms with Gasteiger partial charge in [0.25, 0.3) is 0 Å². The lowest BCUT2D eigenvalue weighted by Gasteiger charge is -2.50. The van der Waals surface area contributed by atoms with Crippen LogP contribution >= 0.6 is 11.6 Å². The van der Waals surface area contributed by atoms with Crippen LogP contribution in [0.2, 0.25) is 19.6 Å². The predicted molar refractivity (Wildman–Crippen MR) is 86.3 cm³/mol. The highest BCUT2D eigenvalue weighted by Gasteiger charge is 2.45. The number of rotatable bonds is 3. The minimum atomic E-state index is -1.46. The molecule has 0 N–H and O–H groups in total. The molecule has 4 atom stereocenters. The number of hydrogen-bond acceptors (Lipinski definition) is 1. The Kier molecular flexibility index (Phi) is 4.54. The molecule has 0 aliphatic heterocycles. The maximum atomic E-state index is 6.51. The van der Waals surface area contributed by atoms with Crippen molar-refractivity contribution in [3.63, 3.8) is 0 Å². The molecule has 1 saturated carbocycles. The second kappa shape index (κ2) is 5.54. The Morgan fingerprint density at radius 3 is 2.68 bits per heavy atom. The van der Waals surface area contributed by atoms with Gasteiger partial charge < -0.3 is 4.43 Å². The topological polar surface area (TPSA) is 9.23 Å². The van der Waals surface area contributed by atoms with Crippen LogP contribution in [0.5, 0.6) is 0 Å². The molecule has 1 fully saturated rings. The molecule has 0 aromatic heterocycles. The molecule has 1 unspecified atom stereocenters. The lowest BCUT2D eigenvalue weighted by atomic mass is 9.60. The third kappa shape index (κ3) is 3.65. The van der Waals surface area contributed by atoms with Gasteiger partial charge in [0.05, 0.1) is 5.38 Å². The first-order valence-electron chi connectivity index (χ1n) is 7.72. The summed E-state index contributed by atoms with van der Waals surface area (Å²) in [5.74, 6) is 0.675. The van der Waals surface area contributed by atoms with E-state index < -0.39 is 8.32 Å². The van der Waals surface area contributed by atoms with Gasteiger partial charge in [-0.25, -0.2) is 0 Å². The van der Waals surface area contributed by atoms with Crippen LogP contribution in [0.4, 0.5) is 0 Å². The first kappa shape index (κ1) is 15.6. The van der Waals surface area contributed by atoms with Gasteiger partial charge in [-0.1, -0.05) is 25.0 Å². The zero-order chi connectivity index (χ0) is 14.3. The van der Waals surface area contributed by atoms with Crippen molar-refractivity contribution in [2.75, 3.05) is 0 Å². The summed E-state index contributed by atoms with van der Waals surface area (Å²) in [6.07, 6.45) is 9.13. The first-order valence-corrected chi connectivity index (χ1v) is 11.6. The van der Waals surface area contributed by atoms with E-state index in [4.69, 9.17) is 16.0 Å². The molecule has 0 heterocycles. The molecule has 0 spiro atoms. The van der Waals surface area contributed by atoms with Gasteiger partial charge in [0, 0.05) is 6.10 Å². The SMILES string of the molecule is CC(Cl)C1=CC[C@]2(C)CCC[C@@H](O[Si](C)(C)C)[C@H]2C1. The van der Waals surface area contributed by atoms with E-state index in [0.717, 1.165) is 6.42 Å². The summed E-state index contributed by atoms with van der Waals surface area (Å²) in [6.45, 7) is 11.5. The standard InChI is InChI=1S/C16H29ClOSi/c1-12(17)13-8-10-16(2)9-6-7-15(14(16)11-13)18-19(3,4)5/h8,12,14-15H,6-7,9-11H2,1-5H3/t12?,14-,15-,16+/m1/s1. The molecule has 2 aliphatic rings. The average Bonchev–Trinajstić information content (AvgIpc) is 2.26. The van der Waals surface area contributed by atoms with Gasteiger partial charge in [-0.15, -0.1) is 11.6 Å². The molecular weight excluding hydrogens is 272 g/mol. The van der Waals surface area contributed by atoms with Gasteiger partial charge in [-0.05, 0) is 63.6 Å². The Morgan fingerprint density at radius 1 is 1.42 bits per heavy atom. The third-order valence-corrected chi connectivity index (χ3v) is 6.17. The fourth-order valence-corrected chi connectivity index (χ4v) is 5.16. The molecule has 0 aromatic carbocycles. The smallest absolute Gasteiger partial charge is 0.184 e. The van der Waals surface area contributed by atoms with Crippen molar-refractivity contribution in [1.29, 1.82) is 0 Å². The fraction of sp³-hybridized carbons (Fsp3) is 0.875. The maximum Gasteiger partial charge on any atom is 0.184 e.